The van der Waals surface area contributed by atoms with E-state index >= 15 is 0 Å². The Hall–Kier alpha value is -1.06. The van der Waals surface area contributed by atoms with E-state index in [0.29, 0.717) is 0 Å². The predicted octanol–water partition coefficient (Wildman–Crippen LogP) is 2.94. The number of nitrogens with zero attached hydrogens (tertiary/aromatic N) is 1. The standard InChI is InChI=1S/C17H28NO2/c1-15-7-4-8-16(2)17(15)20-14-11-18(3)9-5-12-19-13-6-10-18/h4,7-8H,5-6,9-14H2,1-3H3/q+1. The summed E-state index contributed by atoms with van der Waals surface area (Å²) in [6.45, 7) is 10.3. The average Bonchev–Trinajstić information content (AvgIpc) is 2.38. The van der Waals surface area contributed by atoms with Crippen molar-refractivity contribution in [1.29, 1.82) is 0 Å². The van der Waals surface area contributed by atoms with E-state index in [1.54, 1.807) is 0 Å². The first-order valence-corrected chi connectivity index (χ1v) is 7.71. The lowest BCUT2D eigenvalue weighted by Gasteiger charge is -2.36. The highest BCUT2D eigenvalue weighted by Gasteiger charge is 2.22. The highest BCUT2D eigenvalue weighted by molar-refractivity contribution is 5.39. The van der Waals surface area contributed by atoms with Gasteiger partial charge in [0.05, 0.1) is 33.4 Å². The Morgan fingerprint density at radius 3 is 2.30 bits per heavy atom. The summed E-state index contributed by atoms with van der Waals surface area (Å²) in [6, 6.07) is 6.32. The fraction of sp³-hybridized carbons (Fsp3) is 0.647. The van der Waals surface area contributed by atoms with E-state index in [0.717, 1.165) is 49.4 Å². The fourth-order valence-corrected chi connectivity index (χ4v) is 2.93. The van der Waals surface area contributed by atoms with Crippen LogP contribution in [0.5, 0.6) is 5.75 Å². The van der Waals surface area contributed by atoms with Gasteiger partial charge in [-0.15, -0.1) is 0 Å². The second-order valence-electron chi connectivity index (χ2n) is 6.18. The first kappa shape index (κ1) is 15.3. The van der Waals surface area contributed by atoms with Crippen LogP contribution in [0.25, 0.3) is 0 Å². The van der Waals surface area contributed by atoms with Crippen LogP contribution < -0.4 is 4.74 Å². The molecule has 0 bridgehead atoms. The van der Waals surface area contributed by atoms with Gasteiger partial charge < -0.3 is 14.0 Å². The molecule has 1 fully saturated rings. The Morgan fingerprint density at radius 1 is 1.10 bits per heavy atom. The second kappa shape index (κ2) is 7.09. The minimum absolute atomic E-state index is 0.795. The van der Waals surface area contributed by atoms with Crippen LogP contribution in [0, 0.1) is 13.8 Å². The molecule has 3 nitrogen and oxygen atoms in total. The van der Waals surface area contributed by atoms with Crippen molar-refractivity contribution in [2.75, 3.05) is 46.5 Å². The Bertz CT molecular complexity index is 403. The smallest absolute Gasteiger partial charge is 0.137 e. The molecule has 0 spiro atoms. The topological polar surface area (TPSA) is 18.5 Å². The lowest BCUT2D eigenvalue weighted by molar-refractivity contribution is -0.910. The van der Waals surface area contributed by atoms with Gasteiger partial charge in [-0.05, 0) is 25.0 Å². The van der Waals surface area contributed by atoms with Gasteiger partial charge in [0.25, 0.3) is 0 Å². The van der Waals surface area contributed by atoms with Gasteiger partial charge in [-0.25, -0.2) is 0 Å². The van der Waals surface area contributed by atoms with Gasteiger partial charge in [-0.3, -0.25) is 0 Å². The summed E-state index contributed by atoms with van der Waals surface area (Å²) in [4.78, 5) is 0. The Labute approximate surface area is 123 Å². The van der Waals surface area contributed by atoms with Crippen LogP contribution in [0.4, 0.5) is 0 Å². The number of aryl methyl sites for hydroxylation is 2. The number of benzene rings is 1. The van der Waals surface area contributed by atoms with E-state index in [9.17, 15) is 0 Å². The van der Waals surface area contributed by atoms with E-state index in [2.05, 4.69) is 39.1 Å². The minimum Gasteiger partial charge on any atom is -0.487 e. The van der Waals surface area contributed by atoms with Gasteiger partial charge in [0, 0.05) is 12.8 Å². The molecule has 0 aromatic heterocycles. The molecule has 1 aromatic rings. The van der Waals surface area contributed by atoms with Gasteiger partial charge in [0.2, 0.25) is 0 Å². The summed E-state index contributed by atoms with van der Waals surface area (Å²) in [5.41, 5.74) is 2.46. The lowest BCUT2D eigenvalue weighted by Crippen LogP contribution is -2.49. The Morgan fingerprint density at radius 2 is 1.70 bits per heavy atom. The number of rotatable bonds is 4. The van der Waals surface area contributed by atoms with E-state index in [1.807, 2.05) is 0 Å². The lowest BCUT2D eigenvalue weighted by atomic mass is 10.1. The molecule has 0 saturated carbocycles. The Balaban J connectivity index is 1.87. The largest absolute Gasteiger partial charge is 0.487 e. The normalized spacial score (nSPS) is 19.1. The molecule has 0 aliphatic carbocycles. The van der Waals surface area contributed by atoms with Crippen LogP contribution in [0.2, 0.25) is 0 Å². The third kappa shape index (κ3) is 4.22. The molecule has 1 aromatic carbocycles. The molecule has 0 radical (unpaired) electrons. The van der Waals surface area contributed by atoms with Gasteiger partial charge in [-0.1, -0.05) is 18.2 Å². The van der Waals surface area contributed by atoms with Crippen molar-refractivity contribution in [2.45, 2.75) is 26.7 Å². The van der Waals surface area contributed by atoms with E-state index in [4.69, 9.17) is 9.47 Å². The molecule has 20 heavy (non-hydrogen) atoms. The number of hydrogen-bond acceptors (Lipinski definition) is 2. The molecule has 2 rings (SSSR count). The highest BCUT2D eigenvalue weighted by atomic mass is 16.5. The fourth-order valence-electron chi connectivity index (χ4n) is 2.93. The molecule has 0 unspecified atom stereocenters. The summed E-state index contributed by atoms with van der Waals surface area (Å²) in [7, 11) is 2.35. The van der Waals surface area contributed by atoms with E-state index in [1.165, 1.54) is 24.2 Å². The molecule has 0 N–H and O–H groups in total. The summed E-state index contributed by atoms with van der Waals surface area (Å²) >= 11 is 0. The zero-order chi connectivity index (χ0) is 14.4. The van der Waals surface area contributed by atoms with Crippen LogP contribution >= 0.6 is 0 Å². The molecule has 1 aliphatic rings. The third-order valence-corrected chi connectivity index (χ3v) is 4.26. The number of hydrogen-bond donors (Lipinski definition) is 0. The minimum atomic E-state index is 0.795. The highest BCUT2D eigenvalue weighted by Crippen LogP contribution is 2.22. The summed E-state index contributed by atoms with van der Waals surface area (Å²) < 4.78 is 12.7. The van der Waals surface area contributed by atoms with Crippen LogP contribution in [0.1, 0.15) is 24.0 Å². The van der Waals surface area contributed by atoms with Crippen molar-refractivity contribution in [3.63, 3.8) is 0 Å². The van der Waals surface area contributed by atoms with Gasteiger partial charge in [0.15, 0.2) is 0 Å². The molecule has 0 amide bonds. The third-order valence-electron chi connectivity index (χ3n) is 4.26. The first-order valence-electron chi connectivity index (χ1n) is 7.71. The van der Waals surface area contributed by atoms with Crippen molar-refractivity contribution in [2.24, 2.45) is 0 Å². The van der Waals surface area contributed by atoms with Crippen molar-refractivity contribution in [3.05, 3.63) is 29.3 Å². The quantitative estimate of drug-likeness (QED) is 0.788. The maximum atomic E-state index is 6.06. The summed E-state index contributed by atoms with van der Waals surface area (Å²) in [5.74, 6) is 1.06. The zero-order valence-corrected chi connectivity index (χ0v) is 13.2. The Kier molecular flexibility index (Phi) is 5.44. The zero-order valence-electron chi connectivity index (χ0n) is 13.2. The van der Waals surface area contributed by atoms with E-state index < -0.39 is 0 Å². The molecular weight excluding hydrogens is 250 g/mol. The SMILES string of the molecule is Cc1cccc(C)c1OCC[N+]1(C)CCCOCCC1. The molecule has 1 saturated heterocycles. The van der Waals surface area contributed by atoms with Gasteiger partial charge >= 0.3 is 0 Å². The summed E-state index contributed by atoms with van der Waals surface area (Å²) in [5, 5.41) is 0. The van der Waals surface area contributed by atoms with Crippen LogP contribution in [0.15, 0.2) is 18.2 Å². The monoisotopic (exact) mass is 278 g/mol. The molecule has 1 heterocycles. The maximum Gasteiger partial charge on any atom is 0.137 e. The van der Waals surface area contributed by atoms with Crippen LogP contribution in [-0.2, 0) is 4.74 Å². The van der Waals surface area contributed by atoms with Crippen molar-refractivity contribution < 1.29 is 14.0 Å². The van der Waals surface area contributed by atoms with Crippen molar-refractivity contribution in [1.82, 2.24) is 0 Å². The number of likely N-dealkylation sites (N-methyl/N-ethyl adjacent to an activating group) is 1. The molecule has 1 aliphatic heterocycles. The maximum absolute atomic E-state index is 6.06. The molecular formula is C17H28NO2+. The predicted molar refractivity (Wildman–Crippen MR) is 82.2 cm³/mol. The second-order valence-corrected chi connectivity index (χ2v) is 6.18. The van der Waals surface area contributed by atoms with Crippen LogP contribution in [0.3, 0.4) is 0 Å². The number of ether oxygens (including phenoxy) is 2. The average molecular weight is 278 g/mol. The number of para-hydroxylation sites is 1. The first-order chi connectivity index (χ1) is 9.61. The molecule has 0 atom stereocenters. The molecule has 3 heteroatoms. The van der Waals surface area contributed by atoms with Crippen molar-refractivity contribution >= 4 is 0 Å². The van der Waals surface area contributed by atoms with Gasteiger partial charge in [0.1, 0.15) is 18.9 Å². The number of quaternary nitrogens is 1. The summed E-state index contributed by atoms with van der Waals surface area (Å²) in [6.07, 6.45) is 2.31. The van der Waals surface area contributed by atoms with Crippen LogP contribution in [-0.4, -0.2) is 51.0 Å². The molecule has 112 valence electrons. The van der Waals surface area contributed by atoms with Gasteiger partial charge in [-0.2, -0.15) is 0 Å². The van der Waals surface area contributed by atoms with Crippen molar-refractivity contribution in [3.8, 4) is 5.75 Å². The van der Waals surface area contributed by atoms with E-state index in [-0.39, 0.29) is 0 Å².